The van der Waals surface area contributed by atoms with Crippen molar-refractivity contribution in [1.29, 1.82) is 0 Å². The fourth-order valence-corrected chi connectivity index (χ4v) is 2.76. The molecule has 0 amide bonds. The Morgan fingerprint density at radius 1 is 1.41 bits per heavy atom. The Morgan fingerprint density at radius 2 is 2.24 bits per heavy atom. The van der Waals surface area contributed by atoms with E-state index >= 15 is 0 Å². The highest BCUT2D eigenvalue weighted by molar-refractivity contribution is 5.82. The third-order valence-electron chi connectivity index (χ3n) is 3.83. The van der Waals surface area contributed by atoms with Crippen LogP contribution in [-0.4, -0.2) is 5.78 Å². The molecule has 1 aromatic heterocycles. The minimum atomic E-state index is 0.185. The van der Waals surface area contributed by atoms with Crippen LogP contribution in [0.1, 0.15) is 63.4 Å². The van der Waals surface area contributed by atoms with Gasteiger partial charge in [0.1, 0.15) is 17.3 Å². The molecule has 0 saturated heterocycles. The maximum absolute atomic E-state index is 11.9. The summed E-state index contributed by atoms with van der Waals surface area (Å²) < 4.78 is 5.84. The summed E-state index contributed by atoms with van der Waals surface area (Å²) >= 11 is 0. The van der Waals surface area contributed by atoms with Crippen LogP contribution in [0.3, 0.4) is 0 Å². The lowest BCUT2D eigenvalue weighted by Gasteiger charge is -2.25. The van der Waals surface area contributed by atoms with Crippen molar-refractivity contribution in [2.24, 2.45) is 5.92 Å². The molecule has 2 atom stereocenters. The van der Waals surface area contributed by atoms with E-state index in [2.05, 4.69) is 26.0 Å². The Morgan fingerprint density at radius 3 is 2.94 bits per heavy atom. The average Bonchev–Trinajstić information content (AvgIpc) is 2.78. The number of carbonyl (C=O) groups is 1. The van der Waals surface area contributed by atoms with Crippen molar-refractivity contribution in [2.75, 3.05) is 0 Å². The summed E-state index contributed by atoms with van der Waals surface area (Å²) in [5, 5.41) is 0. The zero-order valence-electron chi connectivity index (χ0n) is 10.9. The lowest BCUT2D eigenvalue weighted by atomic mass is 9.79. The van der Waals surface area contributed by atoms with Crippen LogP contribution in [-0.2, 0) is 11.2 Å². The van der Waals surface area contributed by atoms with Gasteiger partial charge in [0.15, 0.2) is 0 Å². The molecule has 0 aromatic carbocycles. The number of hydrogen-bond acceptors (Lipinski definition) is 2. The quantitative estimate of drug-likeness (QED) is 0.785. The normalized spacial score (nSPS) is 22.7. The van der Waals surface area contributed by atoms with Gasteiger partial charge >= 0.3 is 0 Å². The lowest BCUT2D eigenvalue weighted by molar-refractivity contribution is -0.125. The third-order valence-corrected chi connectivity index (χ3v) is 3.83. The molecule has 17 heavy (non-hydrogen) atoms. The van der Waals surface area contributed by atoms with Gasteiger partial charge in [-0.3, -0.25) is 4.79 Å². The number of hydrogen-bond donors (Lipinski definition) is 0. The number of furan rings is 1. The summed E-state index contributed by atoms with van der Waals surface area (Å²) in [6.07, 6.45) is 6.14. The van der Waals surface area contributed by atoms with Gasteiger partial charge < -0.3 is 4.42 Å². The first-order valence-corrected chi connectivity index (χ1v) is 6.83. The summed E-state index contributed by atoms with van der Waals surface area (Å²) in [5.41, 5.74) is 0. The molecule has 0 N–H and O–H groups in total. The highest BCUT2D eigenvalue weighted by Gasteiger charge is 2.29. The number of ketones is 1. The van der Waals surface area contributed by atoms with Crippen molar-refractivity contribution in [1.82, 2.24) is 0 Å². The molecule has 1 aromatic rings. The number of Topliss-reactive ketones (excluding diaryl/α,β-unsaturated/α-hetero) is 1. The minimum absolute atomic E-state index is 0.185. The highest BCUT2D eigenvalue weighted by atomic mass is 16.3. The van der Waals surface area contributed by atoms with E-state index in [1.54, 1.807) is 0 Å². The van der Waals surface area contributed by atoms with Crippen LogP contribution in [0.4, 0.5) is 0 Å². The first-order chi connectivity index (χ1) is 8.22. The van der Waals surface area contributed by atoms with Gasteiger partial charge in [0.25, 0.3) is 0 Å². The SMILES string of the molecule is CCCc1ccc(C(C)C2CCCCC2=O)o1. The van der Waals surface area contributed by atoms with E-state index in [9.17, 15) is 4.79 Å². The second-order valence-corrected chi connectivity index (χ2v) is 5.16. The van der Waals surface area contributed by atoms with Crippen LogP contribution >= 0.6 is 0 Å². The van der Waals surface area contributed by atoms with Gasteiger partial charge in [-0.05, 0) is 31.4 Å². The molecule has 0 aliphatic heterocycles. The zero-order valence-corrected chi connectivity index (χ0v) is 10.9. The molecule has 2 nitrogen and oxygen atoms in total. The van der Waals surface area contributed by atoms with E-state index in [0.29, 0.717) is 5.78 Å². The molecule has 2 rings (SSSR count). The van der Waals surface area contributed by atoms with Crippen molar-refractivity contribution in [3.8, 4) is 0 Å². The largest absolute Gasteiger partial charge is 0.466 e. The van der Waals surface area contributed by atoms with Crippen molar-refractivity contribution in [3.63, 3.8) is 0 Å². The van der Waals surface area contributed by atoms with Crippen LogP contribution in [0.25, 0.3) is 0 Å². The molecule has 1 aliphatic carbocycles. The van der Waals surface area contributed by atoms with Gasteiger partial charge in [0, 0.05) is 24.7 Å². The molecule has 2 heteroatoms. The third kappa shape index (κ3) is 2.80. The molecule has 0 bridgehead atoms. The van der Waals surface area contributed by atoms with Crippen LogP contribution in [0, 0.1) is 5.92 Å². The van der Waals surface area contributed by atoms with Crippen molar-refractivity contribution >= 4 is 5.78 Å². The second-order valence-electron chi connectivity index (χ2n) is 5.16. The maximum Gasteiger partial charge on any atom is 0.136 e. The molecule has 2 unspecified atom stereocenters. The monoisotopic (exact) mass is 234 g/mol. The van der Waals surface area contributed by atoms with E-state index in [0.717, 1.165) is 43.6 Å². The van der Waals surface area contributed by atoms with E-state index in [-0.39, 0.29) is 11.8 Å². The summed E-state index contributed by atoms with van der Waals surface area (Å²) in [5.74, 6) is 2.90. The Balaban J connectivity index is 2.06. The van der Waals surface area contributed by atoms with Crippen LogP contribution in [0.5, 0.6) is 0 Å². The number of aryl methyl sites for hydroxylation is 1. The molecule has 1 aliphatic rings. The predicted octanol–water partition coefficient (Wildman–Crippen LogP) is 4.09. The van der Waals surface area contributed by atoms with Gasteiger partial charge in [-0.1, -0.05) is 20.3 Å². The Labute approximate surface area is 103 Å². The second kappa shape index (κ2) is 5.52. The fraction of sp³-hybridized carbons (Fsp3) is 0.667. The molecule has 1 saturated carbocycles. The van der Waals surface area contributed by atoms with Gasteiger partial charge in [0.2, 0.25) is 0 Å². The maximum atomic E-state index is 11.9. The summed E-state index contributed by atoms with van der Waals surface area (Å²) in [4.78, 5) is 11.9. The fourth-order valence-electron chi connectivity index (χ4n) is 2.76. The van der Waals surface area contributed by atoms with Crippen molar-refractivity contribution < 1.29 is 9.21 Å². The standard InChI is InChI=1S/C15H22O2/c1-3-6-12-9-10-15(17-12)11(2)13-7-4-5-8-14(13)16/h9-11,13H,3-8H2,1-2H3. The topological polar surface area (TPSA) is 30.2 Å². The Bertz CT molecular complexity index is 378. The molecule has 94 valence electrons. The van der Waals surface area contributed by atoms with E-state index in [1.165, 1.54) is 6.42 Å². The summed E-state index contributed by atoms with van der Waals surface area (Å²) in [6.45, 7) is 4.28. The summed E-state index contributed by atoms with van der Waals surface area (Å²) in [6, 6.07) is 4.11. The smallest absolute Gasteiger partial charge is 0.136 e. The van der Waals surface area contributed by atoms with Gasteiger partial charge in [-0.15, -0.1) is 0 Å². The molecule has 1 fully saturated rings. The van der Waals surface area contributed by atoms with Crippen LogP contribution in [0.2, 0.25) is 0 Å². The van der Waals surface area contributed by atoms with E-state index < -0.39 is 0 Å². The first-order valence-electron chi connectivity index (χ1n) is 6.83. The lowest BCUT2D eigenvalue weighted by Crippen LogP contribution is -2.23. The van der Waals surface area contributed by atoms with E-state index in [4.69, 9.17) is 4.42 Å². The van der Waals surface area contributed by atoms with Crippen molar-refractivity contribution in [3.05, 3.63) is 23.7 Å². The highest BCUT2D eigenvalue weighted by Crippen LogP contribution is 2.34. The van der Waals surface area contributed by atoms with E-state index in [1.807, 2.05) is 0 Å². The molecular weight excluding hydrogens is 212 g/mol. The van der Waals surface area contributed by atoms with Crippen LogP contribution < -0.4 is 0 Å². The Kier molecular flexibility index (Phi) is 4.03. The molecule has 0 radical (unpaired) electrons. The number of rotatable bonds is 4. The molecule has 1 heterocycles. The zero-order chi connectivity index (χ0) is 12.3. The molecular formula is C15H22O2. The number of carbonyl (C=O) groups excluding carboxylic acids is 1. The van der Waals surface area contributed by atoms with Gasteiger partial charge in [0.05, 0.1) is 0 Å². The summed E-state index contributed by atoms with van der Waals surface area (Å²) in [7, 11) is 0. The first kappa shape index (κ1) is 12.4. The van der Waals surface area contributed by atoms with Gasteiger partial charge in [-0.25, -0.2) is 0 Å². The van der Waals surface area contributed by atoms with Crippen molar-refractivity contribution in [2.45, 2.75) is 58.3 Å². The average molecular weight is 234 g/mol. The predicted molar refractivity (Wildman–Crippen MR) is 68.1 cm³/mol. The Hall–Kier alpha value is -1.05. The minimum Gasteiger partial charge on any atom is -0.466 e. The van der Waals surface area contributed by atoms with Gasteiger partial charge in [-0.2, -0.15) is 0 Å². The van der Waals surface area contributed by atoms with Crippen LogP contribution in [0.15, 0.2) is 16.5 Å². The molecule has 0 spiro atoms.